The number of carboxylic acids is 1. The lowest BCUT2D eigenvalue weighted by molar-refractivity contribution is -0.146. The number of ether oxygens (including phenoxy) is 1. The molecule has 0 amide bonds. The molecule has 0 aliphatic rings. The normalized spacial score (nSPS) is 10.4. The summed E-state index contributed by atoms with van der Waals surface area (Å²) >= 11 is 1.07. The van der Waals surface area contributed by atoms with Crippen LogP contribution in [-0.2, 0) is 19.2 Å². The summed E-state index contributed by atoms with van der Waals surface area (Å²) in [6.45, 7) is -0.479. The minimum absolute atomic E-state index is 0. The molecule has 0 spiro atoms. The summed E-state index contributed by atoms with van der Waals surface area (Å²) in [7, 11) is 1.18. The number of nitrogen functional groups attached to an aromatic ring is 1. The number of nitrogens with zero attached hydrogens (tertiary/aromatic N) is 2. The average molecular weight is 277 g/mol. The fourth-order valence-electron chi connectivity index (χ4n) is 0.800. The van der Waals surface area contributed by atoms with Gasteiger partial charge in [0.15, 0.2) is 5.13 Å². The fraction of sp³-hybridized carbons (Fsp3) is 0.250. The van der Waals surface area contributed by atoms with Crippen molar-refractivity contribution in [3.63, 3.8) is 0 Å². The second-order valence-corrected chi connectivity index (χ2v) is 3.56. The smallest absolute Gasteiger partial charge is 0.360 e. The van der Waals surface area contributed by atoms with Gasteiger partial charge < -0.3 is 25.9 Å². The Hall–Kier alpha value is -2.20. The van der Waals surface area contributed by atoms with Gasteiger partial charge >= 0.3 is 11.9 Å². The molecule has 18 heavy (non-hydrogen) atoms. The zero-order valence-electron chi connectivity index (χ0n) is 9.24. The number of methoxy groups -OCH3 is 1. The first kappa shape index (κ1) is 15.8. The van der Waals surface area contributed by atoms with Gasteiger partial charge in [0.2, 0.25) is 12.3 Å². The summed E-state index contributed by atoms with van der Waals surface area (Å²) in [4.78, 5) is 29.8. The number of hydrogen-bond donors (Lipinski definition) is 2. The van der Waals surface area contributed by atoms with Gasteiger partial charge in [0.1, 0.15) is 5.69 Å². The average Bonchev–Trinajstić information content (AvgIpc) is 2.70. The van der Waals surface area contributed by atoms with Gasteiger partial charge in [0, 0.05) is 5.38 Å². The number of aromatic nitrogens is 1. The Morgan fingerprint density at radius 1 is 1.61 bits per heavy atom. The number of oxime groups is 1. The first-order valence-corrected chi connectivity index (χ1v) is 5.14. The molecule has 0 saturated heterocycles. The first-order chi connectivity index (χ1) is 8.04. The van der Waals surface area contributed by atoms with Gasteiger partial charge in [-0.1, -0.05) is 5.16 Å². The number of carboxylic acid groups (broad SMARTS) is 1. The van der Waals surface area contributed by atoms with Gasteiger partial charge in [0.05, 0.1) is 7.11 Å². The molecule has 0 aliphatic heterocycles. The Bertz CT molecular complexity index is 457. The zero-order valence-corrected chi connectivity index (χ0v) is 10.1. The number of anilines is 1. The monoisotopic (exact) mass is 277 g/mol. The van der Waals surface area contributed by atoms with Gasteiger partial charge in [-0.05, 0) is 0 Å². The number of esters is 1. The minimum atomic E-state index is -1.33. The largest absolute Gasteiger partial charge is 0.476 e. The number of carbonyl (C=O) groups is 2. The molecule has 5 N–H and O–H groups in total. The van der Waals surface area contributed by atoms with E-state index in [1.807, 2.05) is 0 Å². The highest BCUT2D eigenvalue weighted by Gasteiger charge is 2.17. The SMILES string of the molecule is COC(=O)CON=C(C(=O)O)c1csc(N)n1.O. The van der Waals surface area contributed by atoms with Crippen LogP contribution < -0.4 is 5.73 Å². The van der Waals surface area contributed by atoms with E-state index in [1.165, 1.54) is 12.5 Å². The number of aliphatic carboxylic acids is 1. The van der Waals surface area contributed by atoms with Crippen LogP contribution in [0.3, 0.4) is 0 Å². The van der Waals surface area contributed by atoms with E-state index in [0.29, 0.717) is 0 Å². The molecule has 1 rings (SSSR count). The van der Waals surface area contributed by atoms with Crippen molar-refractivity contribution in [2.24, 2.45) is 5.16 Å². The topological polar surface area (TPSA) is 156 Å². The van der Waals surface area contributed by atoms with Crippen LogP contribution in [0, 0.1) is 0 Å². The number of nitrogens with two attached hydrogens (primary N) is 1. The quantitative estimate of drug-likeness (QED) is 0.392. The van der Waals surface area contributed by atoms with Crippen molar-refractivity contribution in [1.82, 2.24) is 4.98 Å². The molecular formula is C8H11N3O6S. The van der Waals surface area contributed by atoms with E-state index in [0.717, 1.165) is 11.3 Å². The Balaban J connectivity index is 0.00000289. The van der Waals surface area contributed by atoms with Crippen molar-refractivity contribution >= 4 is 34.1 Å². The zero-order chi connectivity index (χ0) is 12.8. The summed E-state index contributed by atoms with van der Waals surface area (Å²) in [5.41, 5.74) is 5.00. The van der Waals surface area contributed by atoms with Gasteiger partial charge in [-0.2, -0.15) is 0 Å². The molecular weight excluding hydrogens is 266 g/mol. The molecule has 1 aromatic rings. The van der Waals surface area contributed by atoms with Crippen LogP contribution in [0.4, 0.5) is 5.13 Å². The van der Waals surface area contributed by atoms with Crippen LogP contribution in [-0.4, -0.2) is 46.9 Å². The van der Waals surface area contributed by atoms with E-state index in [2.05, 4.69) is 19.7 Å². The number of thiazole rings is 1. The maximum Gasteiger partial charge on any atom is 0.360 e. The molecule has 0 fully saturated rings. The van der Waals surface area contributed by atoms with E-state index >= 15 is 0 Å². The molecule has 10 heteroatoms. The molecule has 0 atom stereocenters. The number of rotatable bonds is 5. The molecule has 0 bridgehead atoms. The molecule has 0 saturated carbocycles. The molecule has 0 radical (unpaired) electrons. The highest BCUT2D eigenvalue weighted by Crippen LogP contribution is 2.12. The predicted molar refractivity (Wildman–Crippen MR) is 62.3 cm³/mol. The Kier molecular flexibility index (Phi) is 6.31. The highest BCUT2D eigenvalue weighted by atomic mass is 32.1. The van der Waals surface area contributed by atoms with E-state index in [9.17, 15) is 9.59 Å². The lowest BCUT2D eigenvalue weighted by Gasteiger charge is -1.99. The maximum absolute atomic E-state index is 10.9. The van der Waals surface area contributed by atoms with Crippen LogP contribution in [0.5, 0.6) is 0 Å². The highest BCUT2D eigenvalue weighted by molar-refractivity contribution is 7.13. The third-order valence-corrected chi connectivity index (χ3v) is 2.21. The first-order valence-electron chi connectivity index (χ1n) is 4.26. The lowest BCUT2D eigenvalue weighted by atomic mass is 10.3. The number of carbonyl (C=O) groups excluding carboxylic acids is 1. The second-order valence-electron chi connectivity index (χ2n) is 2.67. The summed E-state index contributed by atoms with van der Waals surface area (Å²) < 4.78 is 4.29. The Morgan fingerprint density at radius 3 is 2.72 bits per heavy atom. The third-order valence-electron chi connectivity index (χ3n) is 1.53. The van der Waals surface area contributed by atoms with Crippen LogP contribution in [0.25, 0.3) is 0 Å². The Morgan fingerprint density at radius 2 is 2.28 bits per heavy atom. The maximum atomic E-state index is 10.9. The van der Waals surface area contributed by atoms with E-state index < -0.39 is 24.3 Å². The molecule has 100 valence electrons. The molecule has 1 heterocycles. The van der Waals surface area contributed by atoms with Crippen LogP contribution in [0.1, 0.15) is 5.69 Å². The second kappa shape index (κ2) is 7.19. The van der Waals surface area contributed by atoms with E-state index in [1.54, 1.807) is 0 Å². The third kappa shape index (κ3) is 4.35. The molecule has 0 aliphatic carbocycles. The molecule has 0 aromatic carbocycles. The standard InChI is InChI=1S/C8H9N3O5S.H2O/c1-15-5(12)2-16-11-6(7(13)14)4-3-17-8(9)10-4;/h3H,2H2,1H3,(H2,9,10)(H,13,14);1H2. The Labute approximate surface area is 105 Å². The summed E-state index contributed by atoms with van der Waals surface area (Å²) in [6.07, 6.45) is 0. The molecule has 9 nitrogen and oxygen atoms in total. The molecule has 1 aromatic heterocycles. The van der Waals surface area contributed by atoms with Crippen LogP contribution >= 0.6 is 11.3 Å². The van der Waals surface area contributed by atoms with Crippen molar-refractivity contribution in [2.75, 3.05) is 19.5 Å². The predicted octanol–water partition coefficient (Wildman–Crippen LogP) is -1.12. The summed E-state index contributed by atoms with van der Waals surface area (Å²) in [5, 5.41) is 13.8. The van der Waals surface area contributed by atoms with Crippen LogP contribution in [0.15, 0.2) is 10.5 Å². The van der Waals surface area contributed by atoms with Crippen molar-refractivity contribution in [3.8, 4) is 0 Å². The summed E-state index contributed by atoms with van der Waals surface area (Å²) in [5.74, 6) is -2.00. The summed E-state index contributed by atoms with van der Waals surface area (Å²) in [6, 6.07) is 0. The lowest BCUT2D eigenvalue weighted by Crippen LogP contribution is -2.17. The van der Waals surface area contributed by atoms with Crippen molar-refractivity contribution in [1.29, 1.82) is 0 Å². The van der Waals surface area contributed by atoms with E-state index in [4.69, 9.17) is 10.8 Å². The van der Waals surface area contributed by atoms with Gasteiger partial charge in [-0.3, -0.25) is 0 Å². The van der Waals surface area contributed by atoms with Gasteiger partial charge in [0.25, 0.3) is 0 Å². The van der Waals surface area contributed by atoms with E-state index in [-0.39, 0.29) is 16.3 Å². The van der Waals surface area contributed by atoms with Gasteiger partial charge in [-0.15, -0.1) is 11.3 Å². The number of hydrogen-bond acceptors (Lipinski definition) is 8. The fourth-order valence-corrected chi connectivity index (χ4v) is 1.35. The molecule has 0 unspecified atom stereocenters. The van der Waals surface area contributed by atoms with Gasteiger partial charge in [-0.25, -0.2) is 14.6 Å². The minimum Gasteiger partial charge on any atom is -0.476 e. The van der Waals surface area contributed by atoms with Crippen molar-refractivity contribution < 1.29 is 29.7 Å². The van der Waals surface area contributed by atoms with Crippen LogP contribution in [0.2, 0.25) is 0 Å². The van der Waals surface area contributed by atoms with Crippen molar-refractivity contribution in [3.05, 3.63) is 11.1 Å². The van der Waals surface area contributed by atoms with Crippen molar-refractivity contribution in [2.45, 2.75) is 0 Å².